The molecule has 0 aliphatic heterocycles. The molecule has 0 N–H and O–H groups in total. The number of esters is 1. The molecule has 3 heteroatoms. The van der Waals surface area contributed by atoms with Gasteiger partial charge in [-0.15, -0.1) is 0 Å². The SMILES string of the molecule is CC(C)(C)OC(=O)C[n+]1c(-c2ccccc2)cc(-c2ccccc2)cc1-c1ccccc1. The van der Waals surface area contributed by atoms with Crippen molar-refractivity contribution in [1.82, 2.24) is 0 Å². The highest BCUT2D eigenvalue weighted by atomic mass is 16.6. The zero-order valence-corrected chi connectivity index (χ0v) is 18.8. The quantitative estimate of drug-likeness (QED) is 0.278. The van der Waals surface area contributed by atoms with Crippen molar-refractivity contribution in [2.24, 2.45) is 0 Å². The zero-order chi connectivity index (χ0) is 22.6. The van der Waals surface area contributed by atoms with Gasteiger partial charge in [0.25, 0.3) is 0 Å². The summed E-state index contributed by atoms with van der Waals surface area (Å²) in [6.07, 6.45) is 0. The fourth-order valence-corrected chi connectivity index (χ4v) is 3.79. The van der Waals surface area contributed by atoms with E-state index < -0.39 is 5.60 Å². The Kier molecular flexibility index (Phi) is 6.18. The number of pyridine rings is 1. The van der Waals surface area contributed by atoms with Gasteiger partial charge in [-0.2, -0.15) is 4.57 Å². The summed E-state index contributed by atoms with van der Waals surface area (Å²) < 4.78 is 7.74. The zero-order valence-electron chi connectivity index (χ0n) is 18.8. The lowest BCUT2D eigenvalue weighted by Crippen LogP contribution is -2.44. The van der Waals surface area contributed by atoms with Crippen molar-refractivity contribution in [2.45, 2.75) is 32.9 Å². The molecule has 0 aliphatic carbocycles. The predicted molar refractivity (Wildman–Crippen MR) is 129 cm³/mol. The van der Waals surface area contributed by atoms with E-state index in [0.717, 1.165) is 33.6 Å². The van der Waals surface area contributed by atoms with Crippen LogP contribution in [0.4, 0.5) is 0 Å². The molecule has 0 unspecified atom stereocenters. The van der Waals surface area contributed by atoms with E-state index in [1.54, 1.807) is 0 Å². The summed E-state index contributed by atoms with van der Waals surface area (Å²) in [5.74, 6) is -0.260. The fourth-order valence-electron chi connectivity index (χ4n) is 3.79. The summed E-state index contributed by atoms with van der Waals surface area (Å²) in [6, 6.07) is 35.0. The van der Waals surface area contributed by atoms with Gasteiger partial charge in [0.15, 0.2) is 0 Å². The number of hydrogen-bond acceptors (Lipinski definition) is 2. The summed E-state index contributed by atoms with van der Waals surface area (Å²) in [4.78, 5) is 12.9. The molecule has 0 aliphatic rings. The van der Waals surface area contributed by atoms with Crippen LogP contribution in [0.3, 0.4) is 0 Å². The average molecular weight is 423 g/mol. The molecule has 1 aromatic heterocycles. The number of hydrogen-bond donors (Lipinski definition) is 0. The van der Waals surface area contributed by atoms with Gasteiger partial charge in [0.05, 0.1) is 0 Å². The van der Waals surface area contributed by atoms with Gasteiger partial charge in [0, 0.05) is 23.3 Å². The second kappa shape index (κ2) is 9.19. The standard InChI is InChI=1S/C29H28NO2/c1-29(2,3)32-28(31)21-30-26(23-15-9-5-10-16-23)19-25(22-13-7-4-8-14-22)20-27(30)24-17-11-6-12-18-24/h4-20H,21H2,1-3H3/q+1. The summed E-state index contributed by atoms with van der Waals surface area (Å²) >= 11 is 0. The third kappa shape index (κ3) is 5.12. The maximum absolute atomic E-state index is 12.9. The minimum absolute atomic E-state index is 0.126. The summed E-state index contributed by atoms with van der Waals surface area (Å²) in [6.45, 7) is 5.81. The average Bonchev–Trinajstić information content (AvgIpc) is 2.79. The minimum Gasteiger partial charge on any atom is -0.455 e. The van der Waals surface area contributed by atoms with Crippen LogP contribution in [0.25, 0.3) is 33.6 Å². The second-order valence-corrected chi connectivity index (χ2v) is 8.79. The molecule has 0 amide bonds. The van der Waals surface area contributed by atoms with Crippen LogP contribution in [-0.4, -0.2) is 11.6 Å². The van der Waals surface area contributed by atoms with Crippen LogP contribution in [0.5, 0.6) is 0 Å². The van der Waals surface area contributed by atoms with Crippen LogP contribution in [0.15, 0.2) is 103 Å². The van der Waals surface area contributed by atoms with E-state index in [9.17, 15) is 4.79 Å². The Morgan fingerprint density at radius 3 is 1.47 bits per heavy atom. The lowest BCUT2D eigenvalue weighted by Gasteiger charge is -2.19. The van der Waals surface area contributed by atoms with Gasteiger partial charge in [0.1, 0.15) is 5.60 Å². The number of nitrogens with zero attached hydrogens (tertiary/aromatic N) is 1. The normalized spacial score (nSPS) is 11.2. The van der Waals surface area contributed by atoms with Crippen molar-refractivity contribution in [3.8, 4) is 33.6 Å². The molecule has 0 saturated carbocycles. The number of benzene rings is 3. The van der Waals surface area contributed by atoms with E-state index in [0.29, 0.717) is 0 Å². The molecular weight excluding hydrogens is 394 g/mol. The molecule has 160 valence electrons. The van der Waals surface area contributed by atoms with E-state index >= 15 is 0 Å². The van der Waals surface area contributed by atoms with Crippen LogP contribution in [-0.2, 0) is 16.1 Å². The first-order valence-corrected chi connectivity index (χ1v) is 10.9. The fraction of sp³-hybridized carbons (Fsp3) is 0.172. The van der Waals surface area contributed by atoms with E-state index in [-0.39, 0.29) is 12.5 Å². The molecule has 0 radical (unpaired) electrons. The largest absolute Gasteiger partial charge is 0.455 e. The Morgan fingerprint density at radius 2 is 1.06 bits per heavy atom. The van der Waals surface area contributed by atoms with Gasteiger partial charge in [-0.25, -0.2) is 4.79 Å². The lowest BCUT2D eigenvalue weighted by atomic mass is 9.99. The van der Waals surface area contributed by atoms with Crippen molar-refractivity contribution < 1.29 is 14.1 Å². The Morgan fingerprint density at radius 1 is 0.656 bits per heavy atom. The van der Waals surface area contributed by atoms with Crippen molar-refractivity contribution in [2.75, 3.05) is 0 Å². The van der Waals surface area contributed by atoms with Gasteiger partial charge in [0.2, 0.25) is 17.9 Å². The third-order valence-electron chi connectivity index (χ3n) is 5.12. The first-order chi connectivity index (χ1) is 15.4. The van der Waals surface area contributed by atoms with Crippen molar-refractivity contribution in [3.05, 3.63) is 103 Å². The van der Waals surface area contributed by atoms with Crippen LogP contribution in [0, 0.1) is 0 Å². The van der Waals surface area contributed by atoms with Crippen LogP contribution >= 0.6 is 0 Å². The molecule has 0 atom stereocenters. The van der Waals surface area contributed by atoms with Crippen molar-refractivity contribution >= 4 is 5.97 Å². The second-order valence-electron chi connectivity index (χ2n) is 8.79. The smallest absolute Gasteiger partial charge is 0.373 e. The Labute approximate surface area is 189 Å². The highest BCUT2D eigenvalue weighted by molar-refractivity contribution is 5.75. The first kappa shape index (κ1) is 21.5. The minimum atomic E-state index is -0.540. The van der Waals surface area contributed by atoms with E-state index in [4.69, 9.17) is 4.74 Å². The van der Waals surface area contributed by atoms with E-state index in [2.05, 4.69) is 53.1 Å². The third-order valence-corrected chi connectivity index (χ3v) is 5.12. The summed E-state index contributed by atoms with van der Waals surface area (Å²) in [5.41, 5.74) is 5.72. The van der Waals surface area contributed by atoms with Crippen molar-refractivity contribution in [3.63, 3.8) is 0 Å². The number of carbonyl (C=O) groups is 1. The molecule has 0 saturated heterocycles. The summed E-state index contributed by atoms with van der Waals surface area (Å²) in [5, 5.41) is 0. The lowest BCUT2D eigenvalue weighted by molar-refractivity contribution is -0.664. The molecule has 0 bridgehead atoms. The molecule has 1 heterocycles. The highest BCUT2D eigenvalue weighted by Gasteiger charge is 2.27. The topological polar surface area (TPSA) is 30.2 Å². The number of rotatable bonds is 5. The van der Waals surface area contributed by atoms with Crippen LogP contribution in [0.1, 0.15) is 20.8 Å². The van der Waals surface area contributed by atoms with Crippen LogP contribution < -0.4 is 4.57 Å². The van der Waals surface area contributed by atoms with Crippen LogP contribution in [0.2, 0.25) is 0 Å². The molecule has 0 spiro atoms. The first-order valence-electron chi connectivity index (χ1n) is 10.9. The molecule has 32 heavy (non-hydrogen) atoms. The Balaban J connectivity index is 1.95. The summed E-state index contributed by atoms with van der Waals surface area (Å²) in [7, 11) is 0. The van der Waals surface area contributed by atoms with E-state index in [1.807, 2.05) is 75.4 Å². The molecule has 4 aromatic rings. The van der Waals surface area contributed by atoms with Gasteiger partial charge >= 0.3 is 5.97 Å². The molecule has 3 aromatic carbocycles. The molecule has 4 rings (SSSR count). The molecule has 3 nitrogen and oxygen atoms in total. The highest BCUT2D eigenvalue weighted by Crippen LogP contribution is 2.29. The number of ether oxygens (including phenoxy) is 1. The number of aromatic nitrogens is 1. The van der Waals surface area contributed by atoms with Crippen molar-refractivity contribution in [1.29, 1.82) is 0 Å². The molecular formula is C29H28NO2+. The number of carbonyl (C=O) groups excluding carboxylic acids is 1. The maximum Gasteiger partial charge on any atom is 0.373 e. The molecule has 0 fully saturated rings. The monoisotopic (exact) mass is 422 g/mol. The predicted octanol–water partition coefficient (Wildman–Crippen LogP) is 6.32. The van der Waals surface area contributed by atoms with Gasteiger partial charge < -0.3 is 4.74 Å². The van der Waals surface area contributed by atoms with E-state index in [1.165, 1.54) is 0 Å². The van der Waals surface area contributed by atoms with Gasteiger partial charge in [-0.3, -0.25) is 0 Å². The Hall–Kier alpha value is -3.72. The van der Waals surface area contributed by atoms with Gasteiger partial charge in [-0.05, 0) is 56.2 Å². The maximum atomic E-state index is 12.9. The Bertz CT molecular complexity index is 1130. The van der Waals surface area contributed by atoms with Gasteiger partial charge in [-0.1, -0.05) is 66.7 Å².